The van der Waals surface area contributed by atoms with Crippen LogP contribution in [0.1, 0.15) is 25.3 Å². The number of ether oxygens (including phenoxy) is 1. The summed E-state index contributed by atoms with van der Waals surface area (Å²) in [6, 6.07) is 9.99. The Kier molecular flexibility index (Phi) is 7.14. The zero-order valence-electron chi connectivity index (χ0n) is 17.4. The van der Waals surface area contributed by atoms with Crippen molar-refractivity contribution < 1.29 is 9.53 Å². The molecule has 160 valence electrons. The summed E-state index contributed by atoms with van der Waals surface area (Å²) in [6.07, 6.45) is 3.21. The van der Waals surface area contributed by atoms with Crippen molar-refractivity contribution in [1.82, 2.24) is 15.2 Å². The highest BCUT2D eigenvalue weighted by Gasteiger charge is 2.33. The molecule has 0 aliphatic carbocycles. The van der Waals surface area contributed by atoms with Gasteiger partial charge >= 0.3 is 0 Å². The number of benzene rings is 1. The van der Waals surface area contributed by atoms with Gasteiger partial charge < -0.3 is 19.9 Å². The number of likely N-dealkylation sites (N-methyl/N-ethyl adjacent to an activating group) is 1. The van der Waals surface area contributed by atoms with E-state index in [0.717, 1.165) is 37.0 Å². The van der Waals surface area contributed by atoms with Crippen molar-refractivity contribution in [2.24, 2.45) is 0 Å². The summed E-state index contributed by atoms with van der Waals surface area (Å²) in [7, 11) is 2.09. The molecule has 0 unspecified atom stereocenters. The third-order valence-corrected chi connectivity index (χ3v) is 5.73. The summed E-state index contributed by atoms with van der Waals surface area (Å²) in [6.45, 7) is 5.12. The Morgan fingerprint density at radius 2 is 2.13 bits per heavy atom. The molecule has 0 radical (unpaired) electrons. The summed E-state index contributed by atoms with van der Waals surface area (Å²) in [5.41, 5.74) is 2.23. The average molecular weight is 430 g/mol. The molecule has 1 aromatic carbocycles. The molecular formula is C22H28ClN5O2. The lowest BCUT2D eigenvalue weighted by atomic mass is 10.0. The molecule has 2 aliphatic heterocycles. The third kappa shape index (κ3) is 4.67. The number of nitrogens with one attached hydrogen (secondary N) is 1. The third-order valence-electron chi connectivity index (χ3n) is 5.73. The van der Waals surface area contributed by atoms with Crippen LogP contribution in [0, 0.1) is 11.3 Å². The fraction of sp³-hybridized carbons (Fsp3) is 0.500. The molecule has 8 heteroatoms. The van der Waals surface area contributed by atoms with Gasteiger partial charge in [0.2, 0.25) is 0 Å². The van der Waals surface area contributed by atoms with Gasteiger partial charge in [0.15, 0.2) is 6.10 Å². The second kappa shape index (κ2) is 9.61. The van der Waals surface area contributed by atoms with Crippen LogP contribution in [0.3, 0.4) is 0 Å². The Hall–Kier alpha value is -2.40. The summed E-state index contributed by atoms with van der Waals surface area (Å²) >= 11 is 0. The van der Waals surface area contributed by atoms with E-state index in [1.807, 2.05) is 25.1 Å². The summed E-state index contributed by atoms with van der Waals surface area (Å²) < 4.78 is 5.99. The molecule has 3 heterocycles. The number of hydrogen-bond acceptors (Lipinski definition) is 6. The molecule has 30 heavy (non-hydrogen) atoms. The first-order valence-corrected chi connectivity index (χ1v) is 10.2. The van der Waals surface area contributed by atoms with Gasteiger partial charge in [-0.05, 0) is 57.6 Å². The van der Waals surface area contributed by atoms with E-state index in [2.05, 4.69) is 33.2 Å². The van der Waals surface area contributed by atoms with Crippen molar-refractivity contribution in [1.29, 1.82) is 5.26 Å². The van der Waals surface area contributed by atoms with Crippen molar-refractivity contribution in [3.05, 3.63) is 36.0 Å². The SMILES string of the molecule is C[C@@H]1CN(c2ccc(C#N)c3ncccc23)C[C@H](C(=O)N[C@@H]2CCCN(C)C2)O1.Cl. The van der Waals surface area contributed by atoms with Crippen LogP contribution >= 0.6 is 12.4 Å². The van der Waals surface area contributed by atoms with Crippen molar-refractivity contribution in [3.63, 3.8) is 0 Å². The zero-order chi connectivity index (χ0) is 20.4. The maximum atomic E-state index is 12.9. The highest BCUT2D eigenvalue weighted by Crippen LogP contribution is 2.30. The Morgan fingerprint density at radius 3 is 2.90 bits per heavy atom. The molecular weight excluding hydrogens is 402 g/mol. The molecule has 4 rings (SSSR count). The van der Waals surface area contributed by atoms with E-state index in [1.54, 1.807) is 12.3 Å². The monoisotopic (exact) mass is 429 g/mol. The zero-order valence-corrected chi connectivity index (χ0v) is 18.2. The smallest absolute Gasteiger partial charge is 0.251 e. The molecule has 1 N–H and O–H groups in total. The van der Waals surface area contributed by atoms with E-state index in [-0.39, 0.29) is 30.5 Å². The van der Waals surface area contributed by atoms with Gasteiger partial charge in [0.1, 0.15) is 6.07 Å². The standard InChI is InChI=1S/C22H27N5O2.ClH/c1-15-12-27(19-8-7-16(11-23)21-18(19)6-3-9-24-21)14-20(29-15)22(28)25-17-5-4-10-26(2)13-17;/h3,6-9,15,17,20H,4-5,10,12-14H2,1-2H3,(H,25,28);1H/t15-,17-,20-;/m1./s1. The van der Waals surface area contributed by atoms with Crippen molar-refractivity contribution in [2.45, 2.75) is 38.0 Å². The van der Waals surface area contributed by atoms with Crippen LogP contribution in [0.15, 0.2) is 30.5 Å². The number of likely N-dealkylation sites (tertiary alicyclic amines) is 1. The second-order valence-electron chi connectivity index (χ2n) is 8.09. The molecule has 2 aliphatic rings. The van der Waals surface area contributed by atoms with E-state index in [1.165, 1.54) is 0 Å². The molecule has 1 aromatic heterocycles. The Labute approximate surface area is 183 Å². The molecule has 7 nitrogen and oxygen atoms in total. The minimum atomic E-state index is -0.520. The number of anilines is 1. The van der Waals surface area contributed by atoms with Crippen molar-refractivity contribution in [3.8, 4) is 6.07 Å². The van der Waals surface area contributed by atoms with Gasteiger partial charge in [-0.2, -0.15) is 5.26 Å². The van der Waals surface area contributed by atoms with Gasteiger partial charge in [-0.15, -0.1) is 12.4 Å². The first kappa shape index (κ1) is 22.3. The summed E-state index contributed by atoms with van der Waals surface area (Å²) in [5.74, 6) is -0.0436. The molecule has 2 saturated heterocycles. The Morgan fingerprint density at radius 1 is 1.30 bits per heavy atom. The number of nitrogens with zero attached hydrogens (tertiary/aromatic N) is 4. The highest BCUT2D eigenvalue weighted by molar-refractivity contribution is 5.95. The van der Waals surface area contributed by atoms with E-state index in [4.69, 9.17) is 4.74 Å². The number of carbonyl (C=O) groups is 1. The van der Waals surface area contributed by atoms with E-state index in [9.17, 15) is 10.1 Å². The molecule has 0 spiro atoms. The lowest BCUT2D eigenvalue weighted by molar-refractivity contribution is -0.138. The number of aromatic nitrogens is 1. The second-order valence-corrected chi connectivity index (χ2v) is 8.09. The van der Waals surface area contributed by atoms with Crippen LogP contribution < -0.4 is 10.2 Å². The van der Waals surface area contributed by atoms with E-state index < -0.39 is 6.10 Å². The van der Waals surface area contributed by atoms with Gasteiger partial charge in [0, 0.05) is 36.4 Å². The van der Waals surface area contributed by atoms with Crippen molar-refractivity contribution >= 4 is 34.9 Å². The predicted molar refractivity (Wildman–Crippen MR) is 119 cm³/mol. The summed E-state index contributed by atoms with van der Waals surface area (Å²) in [5, 5.41) is 13.5. The minimum absolute atomic E-state index is 0. The van der Waals surface area contributed by atoms with Crippen LogP contribution in [0.4, 0.5) is 5.69 Å². The van der Waals surface area contributed by atoms with Crippen molar-refractivity contribution in [2.75, 3.05) is 38.1 Å². The molecule has 2 aromatic rings. The number of piperidine rings is 1. The lowest BCUT2D eigenvalue weighted by Crippen LogP contribution is -2.56. The number of nitriles is 1. The van der Waals surface area contributed by atoms with Gasteiger partial charge in [-0.25, -0.2) is 0 Å². The average Bonchev–Trinajstić information content (AvgIpc) is 2.72. The number of fused-ring (bicyclic) bond motifs is 1. The molecule has 0 saturated carbocycles. The summed E-state index contributed by atoms with van der Waals surface area (Å²) in [4.78, 5) is 21.8. The largest absolute Gasteiger partial charge is 0.365 e. The normalized spacial score (nSPS) is 24.7. The van der Waals surface area contributed by atoms with E-state index in [0.29, 0.717) is 24.2 Å². The number of rotatable bonds is 3. The van der Waals surface area contributed by atoms with Crippen LogP contribution in [0.2, 0.25) is 0 Å². The Bertz CT molecular complexity index is 947. The molecule has 3 atom stereocenters. The van der Waals surface area contributed by atoms with Gasteiger partial charge in [0.25, 0.3) is 5.91 Å². The maximum Gasteiger partial charge on any atom is 0.251 e. The van der Waals surface area contributed by atoms with Crippen LogP contribution in [-0.2, 0) is 9.53 Å². The first-order valence-electron chi connectivity index (χ1n) is 10.2. The van der Waals surface area contributed by atoms with E-state index >= 15 is 0 Å². The Balaban J connectivity index is 0.00000256. The molecule has 2 fully saturated rings. The molecule has 0 bridgehead atoms. The maximum absolute atomic E-state index is 12.9. The number of hydrogen-bond donors (Lipinski definition) is 1. The van der Waals surface area contributed by atoms with Gasteiger partial charge in [-0.3, -0.25) is 9.78 Å². The van der Waals surface area contributed by atoms with Crippen LogP contribution in [0.5, 0.6) is 0 Å². The topological polar surface area (TPSA) is 81.5 Å². The fourth-order valence-electron chi connectivity index (χ4n) is 4.39. The van der Waals surface area contributed by atoms with Gasteiger partial charge in [-0.1, -0.05) is 0 Å². The number of halogens is 1. The molecule has 1 amide bonds. The number of morpholine rings is 1. The first-order chi connectivity index (χ1) is 14.0. The van der Waals surface area contributed by atoms with Crippen LogP contribution in [0.25, 0.3) is 10.9 Å². The quantitative estimate of drug-likeness (QED) is 0.806. The fourth-order valence-corrected chi connectivity index (χ4v) is 4.39. The number of amides is 1. The predicted octanol–water partition coefficient (Wildman–Crippen LogP) is 2.33. The highest BCUT2D eigenvalue weighted by atomic mass is 35.5. The van der Waals surface area contributed by atoms with Crippen LogP contribution in [-0.4, -0.2) is 67.3 Å². The number of carbonyl (C=O) groups excluding carboxylic acids is 1. The lowest BCUT2D eigenvalue weighted by Gasteiger charge is -2.39. The van der Waals surface area contributed by atoms with Gasteiger partial charge in [0.05, 0.1) is 23.7 Å². The number of pyridine rings is 1. The minimum Gasteiger partial charge on any atom is -0.365 e.